The second kappa shape index (κ2) is 7.07. The van der Waals surface area contributed by atoms with Crippen LogP contribution >= 0.6 is 0 Å². The maximum atomic E-state index is 9.03. The summed E-state index contributed by atoms with van der Waals surface area (Å²) in [6.45, 7) is 3.06. The minimum absolute atomic E-state index is 0.380. The average molecular weight is 269 g/mol. The minimum atomic E-state index is 0.380. The zero-order chi connectivity index (χ0) is 14.2. The largest absolute Gasteiger partial charge is 0.321 e. The molecule has 0 unspecified atom stereocenters. The molecule has 0 amide bonds. The number of nitriles is 1. The van der Waals surface area contributed by atoms with Crippen LogP contribution in [0.2, 0.25) is 0 Å². The molecule has 20 heavy (non-hydrogen) atoms. The number of nitrogens with one attached hydrogen (secondary N) is 1. The smallest absolute Gasteiger partial charge is 0.190 e. The van der Waals surface area contributed by atoms with Crippen LogP contribution in [0.25, 0.3) is 0 Å². The zero-order valence-corrected chi connectivity index (χ0v) is 11.2. The van der Waals surface area contributed by atoms with E-state index >= 15 is 0 Å². The SMILES string of the molecule is CCn1cnc(/N=C\NOCc2ccccc2)c1C#N. The fraction of sp³-hybridized carbons (Fsp3) is 0.214. The standard InChI is InChI=1S/C14H15N5O/c1-2-19-11-17-14(13(19)8-15)16-10-18-20-9-12-6-4-3-5-7-12/h3-7,10-11H,2,9H2,1H3,(H,16,18). The molecule has 0 spiro atoms. The van der Waals surface area contributed by atoms with Crippen LogP contribution in [0.1, 0.15) is 18.2 Å². The van der Waals surface area contributed by atoms with Gasteiger partial charge in [0.05, 0.1) is 12.9 Å². The topological polar surface area (TPSA) is 75.2 Å². The highest BCUT2D eigenvalue weighted by Gasteiger charge is 2.07. The van der Waals surface area contributed by atoms with Crippen molar-refractivity contribution in [2.45, 2.75) is 20.1 Å². The number of rotatable bonds is 6. The molecular formula is C14H15N5O. The van der Waals surface area contributed by atoms with E-state index in [2.05, 4.69) is 21.5 Å². The predicted molar refractivity (Wildman–Crippen MR) is 75.1 cm³/mol. The Bertz CT molecular complexity index is 612. The monoisotopic (exact) mass is 269 g/mol. The quantitative estimate of drug-likeness (QED) is 0.377. The molecule has 0 fully saturated rings. The first-order chi connectivity index (χ1) is 9.85. The molecule has 1 heterocycles. The van der Waals surface area contributed by atoms with Crippen LogP contribution in [-0.4, -0.2) is 15.9 Å². The number of aryl methyl sites for hydroxylation is 1. The van der Waals surface area contributed by atoms with Gasteiger partial charge in [-0.2, -0.15) is 5.26 Å². The molecule has 6 heteroatoms. The second-order valence-electron chi connectivity index (χ2n) is 3.96. The van der Waals surface area contributed by atoms with Crippen molar-refractivity contribution in [1.82, 2.24) is 15.0 Å². The number of hydrogen-bond donors (Lipinski definition) is 1. The molecule has 2 rings (SSSR count). The third-order valence-corrected chi connectivity index (χ3v) is 2.67. The number of benzene rings is 1. The van der Waals surface area contributed by atoms with Gasteiger partial charge in [0.1, 0.15) is 12.4 Å². The molecule has 0 aliphatic carbocycles. The van der Waals surface area contributed by atoms with Crippen molar-refractivity contribution in [2.24, 2.45) is 4.99 Å². The van der Waals surface area contributed by atoms with Crippen LogP contribution in [0.15, 0.2) is 41.7 Å². The first-order valence-electron chi connectivity index (χ1n) is 6.24. The maximum absolute atomic E-state index is 9.03. The molecule has 6 nitrogen and oxygen atoms in total. The molecule has 0 atom stereocenters. The highest BCUT2D eigenvalue weighted by atomic mass is 16.6. The Morgan fingerprint density at radius 2 is 2.25 bits per heavy atom. The summed E-state index contributed by atoms with van der Waals surface area (Å²) in [5, 5.41) is 9.03. The lowest BCUT2D eigenvalue weighted by molar-refractivity contribution is 0.0745. The summed E-state index contributed by atoms with van der Waals surface area (Å²) in [5.74, 6) is 0.380. The van der Waals surface area contributed by atoms with E-state index in [4.69, 9.17) is 10.1 Å². The lowest BCUT2D eigenvalue weighted by Gasteiger charge is -2.01. The molecule has 0 aliphatic rings. The zero-order valence-electron chi connectivity index (χ0n) is 11.2. The van der Waals surface area contributed by atoms with Crippen LogP contribution in [0.5, 0.6) is 0 Å². The number of imidazole rings is 1. The van der Waals surface area contributed by atoms with E-state index in [-0.39, 0.29) is 0 Å². The van der Waals surface area contributed by atoms with Gasteiger partial charge in [0.15, 0.2) is 11.5 Å². The minimum Gasteiger partial charge on any atom is -0.321 e. The van der Waals surface area contributed by atoms with Gasteiger partial charge in [-0.05, 0) is 12.5 Å². The van der Waals surface area contributed by atoms with Gasteiger partial charge >= 0.3 is 0 Å². The summed E-state index contributed by atoms with van der Waals surface area (Å²) in [6, 6.07) is 11.9. The molecule has 2 aromatic rings. The summed E-state index contributed by atoms with van der Waals surface area (Å²) in [4.78, 5) is 13.4. The molecule has 0 saturated heterocycles. The van der Waals surface area contributed by atoms with Crippen molar-refractivity contribution in [1.29, 1.82) is 5.26 Å². The Hall–Kier alpha value is -2.65. The van der Waals surface area contributed by atoms with E-state index in [9.17, 15) is 0 Å². The van der Waals surface area contributed by atoms with Gasteiger partial charge in [0.2, 0.25) is 0 Å². The summed E-state index contributed by atoms with van der Waals surface area (Å²) in [6.07, 6.45) is 2.97. The van der Waals surface area contributed by atoms with Crippen molar-refractivity contribution >= 4 is 12.2 Å². The maximum Gasteiger partial charge on any atom is 0.190 e. The van der Waals surface area contributed by atoms with Crippen LogP contribution in [-0.2, 0) is 18.0 Å². The van der Waals surface area contributed by atoms with Gasteiger partial charge in [-0.3, -0.25) is 10.3 Å². The Kier molecular flexibility index (Phi) is 4.87. The molecule has 0 aliphatic heterocycles. The lowest BCUT2D eigenvalue weighted by Crippen LogP contribution is -2.11. The first kappa shape index (κ1) is 13.8. The van der Waals surface area contributed by atoms with Gasteiger partial charge in [-0.25, -0.2) is 9.98 Å². The lowest BCUT2D eigenvalue weighted by atomic mass is 10.2. The van der Waals surface area contributed by atoms with Crippen LogP contribution in [0, 0.1) is 11.3 Å². The van der Waals surface area contributed by atoms with Gasteiger partial charge in [-0.1, -0.05) is 30.3 Å². The van der Waals surface area contributed by atoms with E-state index in [0.717, 1.165) is 5.56 Å². The third kappa shape index (κ3) is 3.43. The molecule has 0 saturated carbocycles. The number of hydroxylamine groups is 1. The number of aromatic nitrogens is 2. The Morgan fingerprint density at radius 1 is 1.45 bits per heavy atom. The Balaban J connectivity index is 1.85. The van der Waals surface area contributed by atoms with E-state index in [1.165, 1.54) is 6.34 Å². The van der Waals surface area contributed by atoms with Crippen molar-refractivity contribution < 1.29 is 4.84 Å². The first-order valence-corrected chi connectivity index (χ1v) is 6.24. The second-order valence-corrected chi connectivity index (χ2v) is 3.96. The highest BCUT2D eigenvalue weighted by Crippen LogP contribution is 2.14. The summed E-state index contributed by atoms with van der Waals surface area (Å²) in [7, 11) is 0. The Labute approximate surface area is 117 Å². The number of nitrogens with zero attached hydrogens (tertiary/aromatic N) is 4. The fourth-order valence-corrected chi connectivity index (χ4v) is 1.64. The third-order valence-electron chi connectivity index (χ3n) is 2.67. The molecule has 0 bridgehead atoms. The molecule has 0 radical (unpaired) electrons. The van der Waals surface area contributed by atoms with Crippen LogP contribution in [0.3, 0.4) is 0 Å². The van der Waals surface area contributed by atoms with Crippen molar-refractivity contribution in [3.8, 4) is 6.07 Å². The molecule has 1 N–H and O–H groups in total. The van der Waals surface area contributed by atoms with Gasteiger partial charge in [0, 0.05) is 6.54 Å². The van der Waals surface area contributed by atoms with Crippen LogP contribution < -0.4 is 5.48 Å². The normalized spacial score (nSPS) is 10.6. The molecular weight excluding hydrogens is 254 g/mol. The van der Waals surface area contributed by atoms with Gasteiger partial charge in [-0.15, -0.1) is 0 Å². The van der Waals surface area contributed by atoms with Crippen molar-refractivity contribution in [2.75, 3.05) is 0 Å². The van der Waals surface area contributed by atoms with E-state index in [0.29, 0.717) is 24.7 Å². The average Bonchev–Trinajstić information content (AvgIpc) is 2.90. The molecule has 102 valence electrons. The number of hydrogen-bond acceptors (Lipinski definition) is 4. The van der Waals surface area contributed by atoms with Crippen molar-refractivity contribution in [3.63, 3.8) is 0 Å². The fourth-order valence-electron chi connectivity index (χ4n) is 1.64. The van der Waals surface area contributed by atoms with E-state index < -0.39 is 0 Å². The van der Waals surface area contributed by atoms with E-state index in [1.807, 2.05) is 37.3 Å². The number of aliphatic imine (C=N–C) groups is 1. The molecule has 1 aromatic carbocycles. The summed E-state index contributed by atoms with van der Waals surface area (Å²) >= 11 is 0. The summed E-state index contributed by atoms with van der Waals surface area (Å²) in [5.41, 5.74) is 4.11. The van der Waals surface area contributed by atoms with Crippen LogP contribution in [0.4, 0.5) is 5.82 Å². The summed E-state index contributed by atoms with van der Waals surface area (Å²) < 4.78 is 1.73. The van der Waals surface area contributed by atoms with Gasteiger partial charge in [0.25, 0.3) is 0 Å². The highest BCUT2D eigenvalue weighted by molar-refractivity contribution is 5.60. The Morgan fingerprint density at radius 3 is 2.95 bits per heavy atom. The van der Waals surface area contributed by atoms with E-state index in [1.54, 1.807) is 10.9 Å². The predicted octanol–water partition coefficient (Wildman–Crippen LogP) is 2.16. The van der Waals surface area contributed by atoms with Gasteiger partial charge < -0.3 is 4.57 Å². The van der Waals surface area contributed by atoms with Crippen molar-refractivity contribution in [3.05, 3.63) is 47.9 Å². The molecule has 1 aromatic heterocycles.